The van der Waals surface area contributed by atoms with Gasteiger partial charge in [-0.05, 0) is 29.8 Å². The number of amides is 4. The monoisotopic (exact) mass is 482 g/mol. The lowest BCUT2D eigenvalue weighted by Gasteiger charge is -2.40. The van der Waals surface area contributed by atoms with Gasteiger partial charge in [-0.3, -0.25) is 9.59 Å². The van der Waals surface area contributed by atoms with Crippen LogP contribution in [0.4, 0.5) is 10.5 Å². The van der Waals surface area contributed by atoms with Crippen molar-refractivity contribution in [2.75, 3.05) is 39.2 Å². The van der Waals surface area contributed by atoms with E-state index >= 15 is 0 Å². The highest BCUT2D eigenvalue weighted by Crippen LogP contribution is 2.16. The molecule has 10 nitrogen and oxygen atoms in total. The fourth-order valence-electron chi connectivity index (χ4n) is 3.89. The Kier molecular flexibility index (Phi) is 8.66. The Labute approximate surface area is 204 Å². The van der Waals surface area contributed by atoms with Gasteiger partial charge in [0.15, 0.2) is 0 Å². The summed E-state index contributed by atoms with van der Waals surface area (Å²) in [4.78, 5) is 53.6. The number of carbonyl (C=O) groups is 4. The summed E-state index contributed by atoms with van der Waals surface area (Å²) in [5.74, 6) is -0.780. The molecule has 1 fully saturated rings. The highest BCUT2D eigenvalue weighted by atomic mass is 16.5. The van der Waals surface area contributed by atoms with Gasteiger partial charge in [0.05, 0.1) is 20.8 Å². The average molecular weight is 483 g/mol. The van der Waals surface area contributed by atoms with Gasteiger partial charge in [-0.2, -0.15) is 0 Å². The summed E-state index contributed by atoms with van der Waals surface area (Å²) in [5.41, 5.74) is 1.41. The van der Waals surface area contributed by atoms with E-state index in [1.807, 2.05) is 6.07 Å². The van der Waals surface area contributed by atoms with Gasteiger partial charge in [0.1, 0.15) is 17.8 Å². The quantitative estimate of drug-likeness (QED) is 0.580. The van der Waals surface area contributed by atoms with E-state index in [1.165, 1.54) is 23.8 Å². The van der Waals surface area contributed by atoms with Crippen molar-refractivity contribution in [1.82, 2.24) is 15.1 Å². The van der Waals surface area contributed by atoms with Crippen LogP contribution in [-0.4, -0.2) is 79.6 Å². The Bertz CT molecular complexity index is 1040. The summed E-state index contributed by atoms with van der Waals surface area (Å²) >= 11 is 0. The largest absolute Gasteiger partial charge is 0.497 e. The lowest BCUT2D eigenvalue weighted by Crippen LogP contribution is -2.63. The molecule has 0 aliphatic carbocycles. The minimum absolute atomic E-state index is 0.0134. The summed E-state index contributed by atoms with van der Waals surface area (Å²) in [6.45, 7) is 1.82. The average Bonchev–Trinajstić information content (AvgIpc) is 2.88. The summed E-state index contributed by atoms with van der Waals surface area (Å²) in [6.07, 6.45) is 0.188. The van der Waals surface area contributed by atoms with Crippen LogP contribution in [0.15, 0.2) is 54.6 Å². The lowest BCUT2D eigenvalue weighted by atomic mass is 10.0. The number of hydrogen-bond donors (Lipinski definition) is 2. The Morgan fingerprint density at radius 3 is 2.29 bits per heavy atom. The van der Waals surface area contributed by atoms with Crippen molar-refractivity contribution in [2.24, 2.45) is 0 Å². The second-order valence-corrected chi connectivity index (χ2v) is 8.11. The van der Waals surface area contributed by atoms with Gasteiger partial charge in [-0.15, -0.1) is 0 Å². The minimum atomic E-state index is -0.969. The molecule has 0 bridgehead atoms. The predicted molar refractivity (Wildman–Crippen MR) is 129 cm³/mol. The maximum atomic E-state index is 13.3. The van der Waals surface area contributed by atoms with Gasteiger partial charge >= 0.3 is 12.0 Å². The number of piperazine rings is 1. The van der Waals surface area contributed by atoms with E-state index < -0.39 is 24.0 Å². The van der Waals surface area contributed by atoms with Crippen molar-refractivity contribution < 1.29 is 28.7 Å². The molecule has 2 unspecified atom stereocenters. The molecule has 0 spiro atoms. The van der Waals surface area contributed by atoms with Crippen LogP contribution >= 0.6 is 0 Å². The maximum Gasteiger partial charge on any atom is 0.328 e. The van der Waals surface area contributed by atoms with Gasteiger partial charge < -0.3 is 29.9 Å². The summed E-state index contributed by atoms with van der Waals surface area (Å²) < 4.78 is 10.0. The lowest BCUT2D eigenvalue weighted by molar-refractivity contribution is -0.147. The number of esters is 1. The highest BCUT2D eigenvalue weighted by molar-refractivity contribution is 5.93. The number of rotatable bonds is 7. The van der Waals surface area contributed by atoms with E-state index in [2.05, 4.69) is 10.6 Å². The zero-order valence-corrected chi connectivity index (χ0v) is 20.0. The molecule has 1 heterocycles. The zero-order valence-electron chi connectivity index (χ0n) is 20.0. The van der Waals surface area contributed by atoms with Gasteiger partial charge in [0.25, 0.3) is 0 Å². The first kappa shape index (κ1) is 25.5. The van der Waals surface area contributed by atoms with Gasteiger partial charge in [-0.25, -0.2) is 9.59 Å². The van der Waals surface area contributed by atoms with Crippen molar-refractivity contribution in [3.63, 3.8) is 0 Å². The molecule has 2 N–H and O–H groups in total. The standard InChI is InChI=1S/C25H30N4O6/c1-17(30)29-14-13-28(25(33)26-19-7-5-4-6-8-19)16-22(29)23(31)27-21(24(32)35-3)15-18-9-11-20(34-2)12-10-18/h4-12,21-22H,13-16H2,1-3H3,(H,26,33)(H,27,31). The highest BCUT2D eigenvalue weighted by Gasteiger charge is 2.37. The molecule has 0 saturated carbocycles. The number of carbonyl (C=O) groups excluding carboxylic acids is 4. The van der Waals surface area contributed by atoms with Crippen LogP contribution in [0.2, 0.25) is 0 Å². The normalized spacial score (nSPS) is 16.1. The Morgan fingerprint density at radius 2 is 1.69 bits per heavy atom. The van der Waals surface area contributed by atoms with E-state index in [0.29, 0.717) is 11.4 Å². The SMILES string of the molecule is COC(=O)C(Cc1ccc(OC)cc1)NC(=O)C1CN(C(=O)Nc2ccccc2)CCN1C(C)=O. The molecule has 1 saturated heterocycles. The number of ether oxygens (including phenoxy) is 2. The first-order chi connectivity index (χ1) is 16.8. The first-order valence-electron chi connectivity index (χ1n) is 11.2. The number of anilines is 1. The number of nitrogens with one attached hydrogen (secondary N) is 2. The fraction of sp³-hybridized carbons (Fsp3) is 0.360. The topological polar surface area (TPSA) is 117 Å². The third-order valence-corrected chi connectivity index (χ3v) is 5.80. The van der Waals surface area contributed by atoms with Crippen LogP contribution in [0.3, 0.4) is 0 Å². The fourth-order valence-corrected chi connectivity index (χ4v) is 3.89. The Hall–Kier alpha value is -4.08. The van der Waals surface area contributed by atoms with E-state index in [-0.39, 0.29) is 38.0 Å². The Morgan fingerprint density at radius 1 is 1.00 bits per heavy atom. The van der Waals surface area contributed by atoms with Crippen LogP contribution in [-0.2, 0) is 25.5 Å². The third kappa shape index (κ3) is 6.72. The van der Waals surface area contributed by atoms with Crippen molar-refractivity contribution >= 4 is 29.5 Å². The summed E-state index contributed by atoms with van der Waals surface area (Å²) in [6, 6.07) is 13.8. The number of hydrogen-bond acceptors (Lipinski definition) is 6. The van der Waals surface area contributed by atoms with E-state index in [1.54, 1.807) is 55.6 Å². The van der Waals surface area contributed by atoms with Crippen LogP contribution in [0.5, 0.6) is 5.75 Å². The van der Waals surface area contributed by atoms with Crippen molar-refractivity contribution in [1.29, 1.82) is 0 Å². The summed E-state index contributed by atoms with van der Waals surface area (Å²) in [5, 5.41) is 5.50. The molecule has 2 atom stereocenters. The molecule has 186 valence electrons. The molecule has 2 aromatic carbocycles. The molecule has 0 radical (unpaired) electrons. The second kappa shape index (κ2) is 11.9. The first-order valence-corrected chi connectivity index (χ1v) is 11.2. The molecule has 3 rings (SSSR count). The van der Waals surface area contributed by atoms with E-state index in [0.717, 1.165) is 5.56 Å². The maximum absolute atomic E-state index is 13.3. The smallest absolute Gasteiger partial charge is 0.328 e. The Balaban J connectivity index is 1.72. The van der Waals surface area contributed by atoms with E-state index in [4.69, 9.17) is 9.47 Å². The van der Waals surface area contributed by atoms with Crippen molar-refractivity contribution in [3.8, 4) is 5.75 Å². The molecular formula is C25H30N4O6. The van der Waals surface area contributed by atoms with Crippen LogP contribution < -0.4 is 15.4 Å². The minimum Gasteiger partial charge on any atom is -0.497 e. The summed E-state index contributed by atoms with van der Waals surface area (Å²) in [7, 11) is 2.80. The van der Waals surface area contributed by atoms with Gasteiger partial charge in [-0.1, -0.05) is 30.3 Å². The molecule has 1 aliphatic heterocycles. The molecule has 0 aromatic heterocycles. The number of methoxy groups -OCH3 is 2. The molecule has 35 heavy (non-hydrogen) atoms. The molecular weight excluding hydrogens is 452 g/mol. The van der Waals surface area contributed by atoms with Crippen molar-refractivity contribution in [2.45, 2.75) is 25.4 Å². The van der Waals surface area contributed by atoms with Crippen LogP contribution in [0.1, 0.15) is 12.5 Å². The molecule has 2 aromatic rings. The molecule has 10 heteroatoms. The molecule has 1 aliphatic rings. The van der Waals surface area contributed by atoms with Crippen molar-refractivity contribution in [3.05, 3.63) is 60.2 Å². The number of urea groups is 1. The van der Waals surface area contributed by atoms with Crippen LogP contribution in [0, 0.1) is 0 Å². The van der Waals surface area contributed by atoms with E-state index in [9.17, 15) is 19.2 Å². The number of nitrogens with zero attached hydrogens (tertiary/aromatic N) is 2. The van der Waals surface area contributed by atoms with Gasteiger partial charge in [0.2, 0.25) is 11.8 Å². The zero-order chi connectivity index (χ0) is 25.4. The van der Waals surface area contributed by atoms with Gasteiger partial charge in [0, 0.05) is 32.1 Å². The third-order valence-electron chi connectivity index (χ3n) is 5.80. The molecule has 4 amide bonds. The predicted octanol–water partition coefficient (Wildman–Crippen LogP) is 1.66. The number of benzene rings is 2. The number of para-hydroxylation sites is 1. The second-order valence-electron chi connectivity index (χ2n) is 8.11. The van der Waals surface area contributed by atoms with Crippen LogP contribution in [0.25, 0.3) is 0 Å².